The smallest absolute Gasteiger partial charge is 0.379 e. The Hall–Kier alpha value is -1.12. The van der Waals surface area contributed by atoms with Crippen LogP contribution in [0.3, 0.4) is 0 Å². The van der Waals surface area contributed by atoms with Crippen molar-refractivity contribution in [3.8, 4) is 0 Å². The summed E-state index contributed by atoms with van der Waals surface area (Å²) in [5.41, 5.74) is 1.27. The molecule has 2 nitrogen and oxygen atoms in total. The fraction of sp³-hybridized carbons (Fsp3) is 0.294. The van der Waals surface area contributed by atoms with Gasteiger partial charge in [0, 0.05) is 12.6 Å². The summed E-state index contributed by atoms with van der Waals surface area (Å²) >= 11 is 0. The molecule has 1 aromatic rings. The van der Waals surface area contributed by atoms with Crippen molar-refractivity contribution in [2.75, 3.05) is 19.8 Å². The average molecular weight is 311 g/mol. The third kappa shape index (κ3) is 5.89. The molecule has 0 N–H and O–H groups in total. The molecule has 3 rings (SSSR count). The molecule has 20 heavy (non-hydrogen) atoms. The minimum atomic E-state index is 0. The summed E-state index contributed by atoms with van der Waals surface area (Å²) in [4.78, 5) is 2.33. The summed E-state index contributed by atoms with van der Waals surface area (Å²) in [5.74, 6) is 0. The van der Waals surface area contributed by atoms with Crippen molar-refractivity contribution < 1.29 is 21.8 Å². The first-order valence-electron chi connectivity index (χ1n) is 6.76. The van der Waals surface area contributed by atoms with Crippen LogP contribution in [0.25, 0.3) is 0 Å². The number of hydrogen-bond acceptors (Lipinski definition) is 2. The van der Waals surface area contributed by atoms with E-state index in [1.807, 2.05) is 30.3 Å². The second-order valence-electron chi connectivity index (χ2n) is 4.66. The quantitative estimate of drug-likeness (QED) is 0.614. The van der Waals surface area contributed by atoms with E-state index in [1.165, 1.54) is 5.57 Å². The van der Waals surface area contributed by atoms with Gasteiger partial charge in [0.2, 0.25) is 0 Å². The Morgan fingerprint density at radius 2 is 2.00 bits per heavy atom. The van der Waals surface area contributed by atoms with Gasteiger partial charge in [-0.05, 0) is 6.92 Å². The molecule has 1 aromatic carbocycles. The summed E-state index contributed by atoms with van der Waals surface area (Å²) in [5, 5.41) is 0. The van der Waals surface area contributed by atoms with Crippen LogP contribution in [-0.2, 0) is 21.8 Å². The van der Waals surface area contributed by atoms with Gasteiger partial charge in [-0.25, -0.2) is 18.2 Å². The van der Waals surface area contributed by atoms with Crippen LogP contribution in [0.5, 0.6) is 0 Å². The maximum atomic E-state index is 5.37. The van der Waals surface area contributed by atoms with Crippen molar-refractivity contribution in [1.29, 1.82) is 0 Å². The second-order valence-corrected chi connectivity index (χ2v) is 4.66. The summed E-state index contributed by atoms with van der Waals surface area (Å²) in [6, 6.07) is 10.5. The van der Waals surface area contributed by atoms with Crippen LogP contribution in [0.15, 0.2) is 66.3 Å². The normalized spacial score (nSPS) is 20.9. The van der Waals surface area contributed by atoms with Gasteiger partial charge in [0.05, 0.1) is 13.2 Å². The van der Waals surface area contributed by atoms with Crippen molar-refractivity contribution in [3.05, 3.63) is 72.8 Å². The average Bonchev–Trinajstić information content (AvgIpc) is 3.14. The number of hydrogen-bond donors (Lipinski definition) is 0. The van der Waals surface area contributed by atoms with E-state index >= 15 is 0 Å². The minimum absolute atomic E-state index is 0. The second kappa shape index (κ2) is 9.73. The van der Waals surface area contributed by atoms with Gasteiger partial charge in [-0.15, -0.1) is 12.2 Å². The first kappa shape index (κ1) is 16.9. The number of nitrogens with zero attached hydrogens (tertiary/aromatic N) is 1. The Morgan fingerprint density at radius 1 is 1.30 bits per heavy atom. The molecule has 1 saturated heterocycles. The fourth-order valence-electron chi connectivity index (χ4n) is 1.96. The molecule has 0 aromatic heterocycles. The molecule has 1 unspecified atom stereocenters. The molecule has 3 heteroatoms. The van der Waals surface area contributed by atoms with E-state index in [2.05, 4.69) is 48.7 Å². The number of allylic oxidation sites excluding steroid dienone is 5. The molecule has 108 valence electrons. The van der Waals surface area contributed by atoms with Crippen molar-refractivity contribution in [1.82, 2.24) is 4.90 Å². The summed E-state index contributed by atoms with van der Waals surface area (Å²) in [6.45, 7) is 7.04. The van der Waals surface area contributed by atoms with Crippen LogP contribution in [0.2, 0.25) is 0 Å². The van der Waals surface area contributed by atoms with Crippen LogP contribution in [0.4, 0.5) is 0 Å². The molecule has 1 atom stereocenters. The Kier molecular flexibility index (Phi) is 8.24. The van der Waals surface area contributed by atoms with Crippen LogP contribution in [0, 0.1) is 6.54 Å². The summed E-state index contributed by atoms with van der Waals surface area (Å²) in [7, 11) is 0. The fourth-order valence-corrected chi connectivity index (χ4v) is 1.96. The number of morpholine rings is 1. The van der Waals surface area contributed by atoms with Crippen molar-refractivity contribution in [3.63, 3.8) is 0 Å². The first-order chi connectivity index (χ1) is 9.36. The first-order valence-corrected chi connectivity index (χ1v) is 6.76. The molecule has 2 aliphatic rings. The van der Waals surface area contributed by atoms with E-state index in [4.69, 9.17) is 4.74 Å². The molecule has 0 bridgehead atoms. The Balaban J connectivity index is 0.000000283. The third-order valence-corrected chi connectivity index (χ3v) is 3.12. The van der Waals surface area contributed by atoms with Crippen LogP contribution < -0.4 is 0 Å². The molecule has 0 saturated carbocycles. The largest absolute Gasteiger partial charge is 2.00 e. The molecule has 0 amide bonds. The van der Waals surface area contributed by atoms with E-state index < -0.39 is 0 Å². The molecular formula is C17H21FeNO. The number of ether oxygens (including phenoxy) is 1. The maximum absolute atomic E-state index is 5.37. The number of rotatable bonds is 2. The molecule has 1 fully saturated rings. The van der Waals surface area contributed by atoms with Gasteiger partial charge in [0.15, 0.2) is 0 Å². The van der Waals surface area contributed by atoms with Crippen LogP contribution in [-0.4, -0.2) is 30.7 Å². The van der Waals surface area contributed by atoms with Gasteiger partial charge in [-0.3, -0.25) is 0 Å². The maximum Gasteiger partial charge on any atom is 2.00 e. The summed E-state index contributed by atoms with van der Waals surface area (Å²) < 4.78 is 5.37. The van der Waals surface area contributed by atoms with Crippen molar-refractivity contribution in [2.24, 2.45) is 0 Å². The van der Waals surface area contributed by atoms with Gasteiger partial charge >= 0.3 is 17.1 Å². The third-order valence-electron chi connectivity index (χ3n) is 3.12. The molecular weight excluding hydrogens is 290 g/mol. The zero-order valence-electron chi connectivity index (χ0n) is 11.8. The van der Waals surface area contributed by atoms with Gasteiger partial charge in [0.1, 0.15) is 0 Å². The monoisotopic (exact) mass is 311 g/mol. The Labute approximate surface area is 132 Å². The van der Waals surface area contributed by atoms with Gasteiger partial charge in [-0.1, -0.05) is 12.2 Å². The van der Waals surface area contributed by atoms with Gasteiger partial charge in [0.25, 0.3) is 0 Å². The van der Waals surface area contributed by atoms with E-state index in [1.54, 1.807) is 0 Å². The minimum Gasteiger partial charge on any atom is -0.379 e. The van der Waals surface area contributed by atoms with E-state index in [9.17, 15) is 0 Å². The Bertz CT molecular complexity index is 403. The molecule has 0 spiro atoms. The van der Waals surface area contributed by atoms with Crippen molar-refractivity contribution in [2.45, 2.75) is 13.0 Å². The SMILES string of the molecule is CC1COCCN1[CH-]C=C1C=CC=C1.[Fe+2].c1cc[cH-]c1. The predicted octanol–water partition coefficient (Wildman–Crippen LogP) is 3.32. The van der Waals surface area contributed by atoms with Crippen LogP contribution >= 0.6 is 0 Å². The zero-order chi connectivity index (χ0) is 13.3. The summed E-state index contributed by atoms with van der Waals surface area (Å²) in [6.07, 6.45) is 10.5. The predicted molar refractivity (Wildman–Crippen MR) is 79.7 cm³/mol. The van der Waals surface area contributed by atoms with Crippen molar-refractivity contribution >= 4 is 0 Å². The molecule has 1 heterocycles. The van der Waals surface area contributed by atoms with E-state index in [-0.39, 0.29) is 17.1 Å². The zero-order valence-corrected chi connectivity index (χ0v) is 12.9. The molecule has 0 radical (unpaired) electrons. The van der Waals surface area contributed by atoms with E-state index in [0.29, 0.717) is 6.04 Å². The molecule has 1 aliphatic carbocycles. The van der Waals surface area contributed by atoms with E-state index in [0.717, 1.165) is 19.8 Å². The van der Waals surface area contributed by atoms with Crippen LogP contribution in [0.1, 0.15) is 6.92 Å². The van der Waals surface area contributed by atoms with Gasteiger partial charge < -0.3 is 9.64 Å². The van der Waals surface area contributed by atoms with Gasteiger partial charge in [-0.2, -0.15) is 30.3 Å². The standard InChI is InChI=1S/C12H16NO.C5H5.Fe/c1-11-10-14-9-8-13(11)7-6-12-4-2-3-5-12;1-2-4-5-3-1;/h2-7,11H,8-10H2,1H3;1-5H;/q2*-1;+2. The Morgan fingerprint density at radius 3 is 2.55 bits per heavy atom. The molecule has 1 aliphatic heterocycles. The topological polar surface area (TPSA) is 12.5 Å².